The van der Waals surface area contributed by atoms with Crippen LogP contribution in [0.3, 0.4) is 0 Å². The molecule has 1 fully saturated rings. The fourth-order valence-electron chi connectivity index (χ4n) is 4.43. The summed E-state index contributed by atoms with van der Waals surface area (Å²) in [6.45, 7) is 1.89. The van der Waals surface area contributed by atoms with Crippen molar-refractivity contribution >= 4 is 16.8 Å². The third-order valence-corrected chi connectivity index (χ3v) is 6.09. The van der Waals surface area contributed by atoms with E-state index >= 15 is 0 Å². The van der Waals surface area contributed by atoms with E-state index in [9.17, 15) is 4.79 Å². The monoisotopic (exact) mass is 399 g/mol. The van der Waals surface area contributed by atoms with Gasteiger partial charge in [0, 0.05) is 35.8 Å². The number of aromatic amines is 1. The Kier molecular flexibility index (Phi) is 4.83. The molecule has 5 rings (SSSR count). The molecule has 2 N–H and O–H groups in total. The fourth-order valence-corrected chi connectivity index (χ4v) is 4.43. The number of hydrogen-bond acceptors (Lipinski definition) is 3. The second-order valence-electron chi connectivity index (χ2n) is 8.00. The second-order valence-corrected chi connectivity index (χ2v) is 8.00. The number of hydrogen-bond donors (Lipinski definition) is 2. The van der Waals surface area contributed by atoms with Gasteiger partial charge in [-0.25, -0.2) is 0 Å². The zero-order valence-electron chi connectivity index (χ0n) is 17.0. The number of benzene rings is 2. The first kappa shape index (κ1) is 18.6. The number of nitrogens with zero attached hydrogens (tertiary/aromatic N) is 3. The molecule has 2 atom stereocenters. The van der Waals surface area contributed by atoms with Gasteiger partial charge in [0.05, 0.1) is 0 Å². The lowest BCUT2D eigenvalue weighted by Crippen LogP contribution is -2.32. The number of nitrogens with one attached hydrogen (secondary N) is 2. The molecule has 1 amide bonds. The predicted octanol–water partition coefficient (Wildman–Crippen LogP) is 4.71. The highest BCUT2D eigenvalue weighted by Gasteiger charge is 2.28. The van der Waals surface area contributed by atoms with Gasteiger partial charge >= 0.3 is 0 Å². The summed E-state index contributed by atoms with van der Waals surface area (Å²) in [6, 6.07) is 17.6. The van der Waals surface area contributed by atoms with E-state index < -0.39 is 0 Å². The lowest BCUT2D eigenvalue weighted by atomic mass is 10.0. The summed E-state index contributed by atoms with van der Waals surface area (Å²) in [5.41, 5.74) is 4.55. The van der Waals surface area contributed by atoms with Gasteiger partial charge in [-0.1, -0.05) is 43.3 Å². The van der Waals surface area contributed by atoms with Crippen molar-refractivity contribution < 1.29 is 4.79 Å². The predicted molar refractivity (Wildman–Crippen MR) is 118 cm³/mol. The Morgan fingerprint density at radius 1 is 1.10 bits per heavy atom. The Bertz CT molecular complexity index is 1170. The van der Waals surface area contributed by atoms with Crippen LogP contribution < -0.4 is 5.32 Å². The summed E-state index contributed by atoms with van der Waals surface area (Å²) < 4.78 is 2.16. The minimum Gasteiger partial charge on any atom is -0.361 e. The lowest BCUT2D eigenvalue weighted by Gasteiger charge is -2.16. The second kappa shape index (κ2) is 7.78. The Morgan fingerprint density at radius 3 is 2.73 bits per heavy atom. The molecule has 6 nitrogen and oxygen atoms in total. The molecule has 0 aliphatic heterocycles. The van der Waals surface area contributed by atoms with E-state index in [0.717, 1.165) is 36.2 Å². The average Bonchev–Trinajstić information content (AvgIpc) is 3.53. The summed E-state index contributed by atoms with van der Waals surface area (Å²) in [7, 11) is 0. The van der Waals surface area contributed by atoms with Crippen LogP contribution >= 0.6 is 0 Å². The Balaban J connectivity index is 1.36. The Morgan fingerprint density at radius 2 is 1.90 bits per heavy atom. The Labute approximate surface area is 175 Å². The van der Waals surface area contributed by atoms with Gasteiger partial charge < -0.3 is 14.9 Å². The molecule has 2 heterocycles. The minimum absolute atomic E-state index is 0.123. The van der Waals surface area contributed by atoms with E-state index in [0.29, 0.717) is 12.5 Å². The molecule has 0 radical (unpaired) electrons. The van der Waals surface area contributed by atoms with Crippen molar-refractivity contribution in [3.05, 3.63) is 61.1 Å². The van der Waals surface area contributed by atoms with Crippen LogP contribution in [0.2, 0.25) is 0 Å². The number of carbonyl (C=O) groups excluding carboxylic acids is 1. The molecule has 6 heteroatoms. The molecule has 152 valence electrons. The van der Waals surface area contributed by atoms with E-state index in [4.69, 9.17) is 0 Å². The molecule has 0 spiro atoms. The van der Waals surface area contributed by atoms with Crippen molar-refractivity contribution in [2.24, 2.45) is 0 Å². The molecule has 1 aliphatic rings. The Hall–Kier alpha value is -3.41. The van der Waals surface area contributed by atoms with Crippen LogP contribution in [0.25, 0.3) is 33.4 Å². The highest BCUT2D eigenvalue weighted by Crippen LogP contribution is 2.34. The van der Waals surface area contributed by atoms with Gasteiger partial charge in [0.2, 0.25) is 5.91 Å². The number of rotatable bonds is 5. The molecule has 1 aliphatic carbocycles. The topological polar surface area (TPSA) is 75.6 Å². The molecule has 0 unspecified atom stereocenters. The molecular formula is C24H25N5O. The van der Waals surface area contributed by atoms with E-state index in [1.165, 1.54) is 16.5 Å². The van der Waals surface area contributed by atoms with Gasteiger partial charge in [-0.2, -0.15) is 0 Å². The van der Waals surface area contributed by atoms with Crippen molar-refractivity contribution in [1.82, 2.24) is 25.1 Å². The van der Waals surface area contributed by atoms with Gasteiger partial charge in [-0.05, 0) is 47.9 Å². The average molecular weight is 399 g/mol. The van der Waals surface area contributed by atoms with E-state index in [-0.39, 0.29) is 11.9 Å². The third-order valence-electron chi connectivity index (χ3n) is 6.09. The molecule has 0 saturated heterocycles. The number of aromatic nitrogens is 4. The van der Waals surface area contributed by atoms with Crippen molar-refractivity contribution in [2.45, 2.75) is 44.7 Å². The molecule has 30 heavy (non-hydrogen) atoms. The van der Waals surface area contributed by atoms with Crippen LogP contribution in [0.1, 0.15) is 38.6 Å². The number of amides is 1. The van der Waals surface area contributed by atoms with Crippen molar-refractivity contribution in [1.29, 1.82) is 0 Å². The lowest BCUT2D eigenvalue weighted by molar-refractivity contribution is -0.121. The first-order chi connectivity index (χ1) is 14.7. The molecule has 4 aromatic rings. The molecule has 2 aromatic heterocycles. The summed E-state index contributed by atoms with van der Waals surface area (Å²) >= 11 is 0. The normalized spacial score (nSPS) is 18.7. The standard InChI is InChI=1S/C24H25N5O/c1-2-23(30)27-20-9-10-21(14-20)29-15-26-28-24(29)18-6-3-16(4-7-18)19-8-5-17-11-12-25-22(17)13-19/h3-8,11-13,15,20-21,25H,2,9-10,14H2,1H3,(H,27,30)/t20-,21+/m0/s1. The van der Waals surface area contributed by atoms with Gasteiger partial charge in [-0.15, -0.1) is 10.2 Å². The summed E-state index contributed by atoms with van der Waals surface area (Å²) in [5.74, 6) is 1.01. The van der Waals surface area contributed by atoms with E-state index in [2.05, 4.69) is 73.6 Å². The van der Waals surface area contributed by atoms with Crippen LogP contribution in [0, 0.1) is 0 Å². The van der Waals surface area contributed by atoms with Crippen molar-refractivity contribution in [3.8, 4) is 22.5 Å². The third kappa shape index (κ3) is 3.49. The van der Waals surface area contributed by atoms with Crippen LogP contribution in [-0.4, -0.2) is 31.7 Å². The maximum atomic E-state index is 11.7. The largest absolute Gasteiger partial charge is 0.361 e. The van der Waals surface area contributed by atoms with Gasteiger partial charge in [0.1, 0.15) is 6.33 Å². The van der Waals surface area contributed by atoms with E-state index in [1.54, 1.807) is 0 Å². The first-order valence-electron chi connectivity index (χ1n) is 10.6. The van der Waals surface area contributed by atoms with E-state index in [1.807, 2.05) is 19.4 Å². The van der Waals surface area contributed by atoms with Crippen LogP contribution in [0.4, 0.5) is 0 Å². The van der Waals surface area contributed by atoms with Crippen LogP contribution in [0.5, 0.6) is 0 Å². The maximum Gasteiger partial charge on any atom is 0.219 e. The zero-order chi connectivity index (χ0) is 20.5. The highest BCUT2D eigenvalue weighted by molar-refractivity contribution is 5.85. The SMILES string of the molecule is CCC(=O)N[C@H]1CC[C@@H](n2cnnc2-c2ccc(-c3ccc4cc[nH]c4c3)cc2)C1. The van der Waals surface area contributed by atoms with Gasteiger partial charge in [-0.3, -0.25) is 4.79 Å². The zero-order valence-corrected chi connectivity index (χ0v) is 17.0. The van der Waals surface area contributed by atoms with Gasteiger partial charge in [0.25, 0.3) is 0 Å². The first-order valence-corrected chi connectivity index (χ1v) is 10.6. The van der Waals surface area contributed by atoms with Crippen LogP contribution in [0.15, 0.2) is 61.1 Å². The molecule has 1 saturated carbocycles. The number of carbonyl (C=O) groups is 1. The summed E-state index contributed by atoms with van der Waals surface area (Å²) in [6.07, 6.45) is 7.25. The number of fused-ring (bicyclic) bond motifs is 1. The maximum absolute atomic E-state index is 11.7. The highest BCUT2D eigenvalue weighted by atomic mass is 16.1. The summed E-state index contributed by atoms with van der Waals surface area (Å²) in [4.78, 5) is 15.0. The quantitative estimate of drug-likeness (QED) is 0.510. The molecular weight excluding hydrogens is 374 g/mol. The smallest absolute Gasteiger partial charge is 0.219 e. The van der Waals surface area contributed by atoms with Crippen molar-refractivity contribution in [2.75, 3.05) is 0 Å². The van der Waals surface area contributed by atoms with Crippen LogP contribution in [-0.2, 0) is 4.79 Å². The van der Waals surface area contributed by atoms with Gasteiger partial charge in [0.15, 0.2) is 5.82 Å². The molecule has 2 aromatic carbocycles. The molecule has 0 bridgehead atoms. The fraction of sp³-hybridized carbons (Fsp3) is 0.292. The minimum atomic E-state index is 0.123. The number of H-pyrrole nitrogens is 1. The van der Waals surface area contributed by atoms with Crippen molar-refractivity contribution in [3.63, 3.8) is 0 Å². The summed E-state index contributed by atoms with van der Waals surface area (Å²) in [5, 5.41) is 12.9.